The van der Waals surface area contributed by atoms with Crippen molar-refractivity contribution in [2.24, 2.45) is 0 Å². The van der Waals surface area contributed by atoms with E-state index in [2.05, 4.69) is 10.0 Å². The Morgan fingerprint density at radius 1 is 1.11 bits per heavy atom. The average Bonchev–Trinajstić information content (AvgIpc) is 3.49. The Morgan fingerprint density at radius 2 is 1.86 bits per heavy atom. The van der Waals surface area contributed by atoms with Crippen LogP contribution in [0.2, 0.25) is 0 Å². The molecule has 0 atom stereocenters. The lowest BCUT2D eigenvalue weighted by Gasteiger charge is -2.09. The maximum Gasteiger partial charge on any atom is 0.338 e. The summed E-state index contributed by atoms with van der Waals surface area (Å²) in [6.07, 6.45) is 1.64. The fraction of sp³-hybridized carbons (Fsp3) is 0.300. The first-order valence-electron chi connectivity index (χ1n) is 8.96. The van der Waals surface area contributed by atoms with Gasteiger partial charge in [-0.15, -0.1) is 0 Å². The van der Waals surface area contributed by atoms with Gasteiger partial charge >= 0.3 is 5.97 Å². The molecule has 28 heavy (non-hydrogen) atoms. The van der Waals surface area contributed by atoms with E-state index in [-0.39, 0.29) is 16.5 Å². The smallest absolute Gasteiger partial charge is 0.338 e. The molecule has 0 bridgehead atoms. The molecule has 2 N–H and O–H groups in total. The van der Waals surface area contributed by atoms with Gasteiger partial charge in [0.05, 0.1) is 10.5 Å². The van der Waals surface area contributed by atoms with Crippen LogP contribution in [0.4, 0.5) is 0 Å². The molecule has 8 heteroatoms. The number of benzene rings is 2. The highest BCUT2D eigenvalue weighted by Crippen LogP contribution is 2.22. The molecule has 1 fully saturated rings. The van der Waals surface area contributed by atoms with Crippen LogP contribution in [0.25, 0.3) is 0 Å². The monoisotopic (exact) mass is 402 g/mol. The highest BCUT2D eigenvalue weighted by Gasteiger charge is 2.28. The summed E-state index contributed by atoms with van der Waals surface area (Å²) in [7, 11) is -3.66. The zero-order valence-corrected chi connectivity index (χ0v) is 16.3. The highest BCUT2D eigenvalue weighted by molar-refractivity contribution is 7.89. The molecule has 3 rings (SSSR count). The Kier molecular flexibility index (Phi) is 6.11. The molecule has 7 nitrogen and oxygen atoms in total. The second kappa shape index (κ2) is 8.53. The lowest BCUT2D eigenvalue weighted by molar-refractivity contribution is -0.124. The van der Waals surface area contributed by atoms with Crippen molar-refractivity contribution in [2.45, 2.75) is 37.2 Å². The minimum absolute atomic E-state index is 0.00199. The van der Waals surface area contributed by atoms with E-state index in [9.17, 15) is 18.0 Å². The van der Waals surface area contributed by atoms with Gasteiger partial charge in [-0.05, 0) is 49.1 Å². The number of hydrogen-bond donors (Lipinski definition) is 2. The van der Waals surface area contributed by atoms with Gasteiger partial charge in [-0.2, -0.15) is 0 Å². The number of hydrogen-bond acceptors (Lipinski definition) is 5. The van der Waals surface area contributed by atoms with Gasteiger partial charge in [0, 0.05) is 12.6 Å². The van der Waals surface area contributed by atoms with Crippen molar-refractivity contribution < 1.29 is 22.7 Å². The lowest BCUT2D eigenvalue weighted by atomic mass is 10.1. The van der Waals surface area contributed by atoms with Gasteiger partial charge in [0.1, 0.15) is 0 Å². The van der Waals surface area contributed by atoms with Gasteiger partial charge in [0.2, 0.25) is 10.0 Å². The molecule has 1 aliphatic rings. The molecule has 1 aliphatic carbocycles. The van der Waals surface area contributed by atoms with Crippen molar-refractivity contribution in [1.82, 2.24) is 10.0 Å². The second-order valence-electron chi connectivity index (χ2n) is 6.70. The third-order valence-electron chi connectivity index (χ3n) is 4.35. The highest BCUT2D eigenvalue weighted by atomic mass is 32.2. The fourth-order valence-electron chi connectivity index (χ4n) is 2.55. The predicted molar refractivity (Wildman–Crippen MR) is 103 cm³/mol. The molecule has 1 saturated carbocycles. The Hall–Kier alpha value is -2.71. The maximum atomic E-state index is 12.2. The quantitative estimate of drug-likeness (QED) is 0.657. The molecule has 0 spiro atoms. The Labute approximate surface area is 164 Å². The molecule has 2 aromatic carbocycles. The number of esters is 1. The summed E-state index contributed by atoms with van der Waals surface area (Å²) in [6, 6.07) is 13.2. The molecule has 0 radical (unpaired) electrons. The molecule has 148 valence electrons. The average molecular weight is 402 g/mol. The molecule has 0 aliphatic heterocycles. The minimum atomic E-state index is -3.66. The van der Waals surface area contributed by atoms with E-state index in [0.29, 0.717) is 6.54 Å². The van der Waals surface area contributed by atoms with Crippen molar-refractivity contribution in [2.75, 3.05) is 6.61 Å². The van der Waals surface area contributed by atoms with Gasteiger partial charge in [-0.3, -0.25) is 4.79 Å². The Bertz CT molecular complexity index is 984. The van der Waals surface area contributed by atoms with Crippen LogP contribution >= 0.6 is 0 Å². The van der Waals surface area contributed by atoms with Crippen molar-refractivity contribution in [1.29, 1.82) is 0 Å². The van der Waals surface area contributed by atoms with Crippen molar-refractivity contribution in [3.63, 3.8) is 0 Å². The van der Waals surface area contributed by atoms with Crippen molar-refractivity contribution >= 4 is 21.9 Å². The number of aryl methyl sites for hydroxylation is 1. The Balaban J connectivity index is 1.54. The van der Waals surface area contributed by atoms with Crippen molar-refractivity contribution in [3.8, 4) is 0 Å². The first-order valence-corrected chi connectivity index (χ1v) is 10.4. The third-order valence-corrected chi connectivity index (χ3v) is 5.87. The number of carbonyl (C=O) groups excluding carboxylic acids is 2. The molecule has 0 unspecified atom stereocenters. The van der Waals surface area contributed by atoms with Crippen LogP contribution in [0.1, 0.15) is 34.3 Å². The van der Waals surface area contributed by atoms with E-state index >= 15 is 0 Å². The summed E-state index contributed by atoms with van der Waals surface area (Å²) < 4.78 is 32.0. The van der Waals surface area contributed by atoms with E-state index in [0.717, 1.165) is 24.0 Å². The lowest BCUT2D eigenvalue weighted by Crippen LogP contribution is -2.28. The molecular formula is C20H22N2O5S. The van der Waals surface area contributed by atoms with Crippen LogP contribution in [-0.4, -0.2) is 32.9 Å². The number of ether oxygens (including phenoxy) is 1. The Morgan fingerprint density at radius 3 is 2.57 bits per heavy atom. The van der Waals surface area contributed by atoms with Gasteiger partial charge in [-0.1, -0.05) is 30.3 Å². The number of rotatable bonds is 8. The van der Waals surface area contributed by atoms with Crippen LogP contribution in [-0.2, 0) is 26.1 Å². The first-order chi connectivity index (χ1) is 13.3. The molecule has 0 heterocycles. The summed E-state index contributed by atoms with van der Waals surface area (Å²) in [4.78, 5) is 24.1. The van der Waals surface area contributed by atoms with E-state index in [4.69, 9.17) is 4.74 Å². The molecule has 0 saturated heterocycles. The van der Waals surface area contributed by atoms with Gasteiger partial charge < -0.3 is 10.1 Å². The topological polar surface area (TPSA) is 102 Å². The standard InChI is InChI=1S/C20H22N2O5S/c1-14-5-2-3-6-16(14)12-21-19(23)13-27-20(24)15-7-4-8-18(11-15)28(25,26)22-17-9-10-17/h2-8,11,17,22H,9-10,12-13H2,1H3,(H,21,23). The molecule has 2 aromatic rings. The van der Waals surface area contributed by atoms with E-state index in [1.54, 1.807) is 0 Å². The SMILES string of the molecule is Cc1ccccc1CNC(=O)COC(=O)c1cccc(S(=O)(=O)NC2CC2)c1. The van der Waals surface area contributed by atoms with Crippen LogP contribution in [0.3, 0.4) is 0 Å². The fourth-order valence-corrected chi connectivity index (χ4v) is 3.90. The van der Waals surface area contributed by atoms with Crippen molar-refractivity contribution in [3.05, 3.63) is 65.2 Å². The summed E-state index contributed by atoms with van der Waals surface area (Å²) >= 11 is 0. The number of carbonyl (C=O) groups is 2. The number of nitrogens with one attached hydrogen (secondary N) is 2. The van der Waals surface area contributed by atoms with Gasteiger partial charge in [0.25, 0.3) is 5.91 Å². The molecular weight excluding hydrogens is 380 g/mol. The summed E-state index contributed by atoms with van der Waals surface area (Å²) in [5, 5.41) is 2.69. The zero-order chi connectivity index (χ0) is 20.1. The minimum Gasteiger partial charge on any atom is -0.452 e. The van der Waals surface area contributed by atoms with Gasteiger partial charge in [0.15, 0.2) is 6.61 Å². The second-order valence-corrected chi connectivity index (χ2v) is 8.42. The summed E-state index contributed by atoms with van der Waals surface area (Å²) in [5.41, 5.74) is 2.10. The third kappa shape index (κ3) is 5.40. The normalized spacial score (nSPS) is 13.8. The van der Waals surface area contributed by atoms with Crippen LogP contribution < -0.4 is 10.0 Å². The number of amides is 1. The summed E-state index contributed by atoms with van der Waals surface area (Å²) in [6.45, 7) is 1.84. The molecule has 1 amide bonds. The van der Waals surface area contributed by atoms with Gasteiger partial charge in [-0.25, -0.2) is 17.9 Å². The first kappa shape index (κ1) is 20.0. The maximum absolute atomic E-state index is 12.2. The summed E-state index contributed by atoms with van der Waals surface area (Å²) in [5.74, 6) is -1.19. The van der Waals surface area contributed by atoms with E-state index < -0.39 is 28.5 Å². The van der Waals surface area contributed by atoms with E-state index in [1.807, 2.05) is 31.2 Å². The predicted octanol–water partition coefficient (Wildman–Crippen LogP) is 1.91. The zero-order valence-electron chi connectivity index (χ0n) is 15.5. The van der Waals surface area contributed by atoms with Crippen LogP contribution in [0.5, 0.6) is 0 Å². The molecule has 0 aromatic heterocycles. The number of sulfonamides is 1. The van der Waals surface area contributed by atoms with Crippen LogP contribution in [0, 0.1) is 6.92 Å². The largest absolute Gasteiger partial charge is 0.452 e. The van der Waals surface area contributed by atoms with Crippen LogP contribution in [0.15, 0.2) is 53.4 Å². The van der Waals surface area contributed by atoms with E-state index in [1.165, 1.54) is 24.3 Å².